The predicted octanol–water partition coefficient (Wildman–Crippen LogP) is 2.09. The van der Waals surface area contributed by atoms with Gasteiger partial charge in [0.2, 0.25) is 5.91 Å². The molecule has 0 heterocycles. The largest absolute Gasteiger partial charge is 0.480 e. The van der Waals surface area contributed by atoms with Crippen molar-refractivity contribution < 1.29 is 19.5 Å². The van der Waals surface area contributed by atoms with Gasteiger partial charge in [-0.1, -0.05) is 29.3 Å². The molecule has 0 saturated heterocycles. The van der Waals surface area contributed by atoms with E-state index in [2.05, 4.69) is 10.6 Å². The summed E-state index contributed by atoms with van der Waals surface area (Å²) in [6, 6.07) is 3.62. The van der Waals surface area contributed by atoms with E-state index in [1.807, 2.05) is 0 Å². The quantitative estimate of drug-likeness (QED) is 0.760. The van der Waals surface area contributed by atoms with Gasteiger partial charge >= 0.3 is 5.97 Å². The highest BCUT2D eigenvalue weighted by molar-refractivity contribution is 6.43. The molecule has 120 valence electrons. The minimum atomic E-state index is -1.44. The van der Waals surface area contributed by atoms with Crippen molar-refractivity contribution in [3.63, 3.8) is 0 Å². The molecule has 0 aliphatic heterocycles. The number of carboxylic acids is 1. The van der Waals surface area contributed by atoms with Crippen LogP contribution in [-0.4, -0.2) is 34.5 Å². The molecule has 2 amide bonds. The molecule has 0 bridgehead atoms. The Hall–Kier alpha value is -1.79. The Kier molecular flexibility index (Phi) is 5.79. The molecule has 1 aromatic rings. The van der Waals surface area contributed by atoms with Crippen molar-refractivity contribution in [1.82, 2.24) is 10.6 Å². The van der Waals surface area contributed by atoms with Gasteiger partial charge in [0.1, 0.15) is 11.6 Å². The second-order valence-corrected chi connectivity index (χ2v) is 6.00. The van der Waals surface area contributed by atoms with Crippen molar-refractivity contribution in [2.45, 2.75) is 32.4 Å². The third kappa shape index (κ3) is 4.35. The van der Waals surface area contributed by atoms with Gasteiger partial charge in [-0.3, -0.25) is 9.59 Å². The van der Waals surface area contributed by atoms with E-state index >= 15 is 0 Å². The van der Waals surface area contributed by atoms with Gasteiger partial charge in [0.25, 0.3) is 5.91 Å². The third-order valence-electron chi connectivity index (χ3n) is 2.91. The summed E-state index contributed by atoms with van der Waals surface area (Å²) in [7, 11) is 0. The van der Waals surface area contributed by atoms with Crippen LogP contribution in [0.25, 0.3) is 0 Å². The van der Waals surface area contributed by atoms with Crippen molar-refractivity contribution in [1.29, 1.82) is 0 Å². The van der Waals surface area contributed by atoms with E-state index in [0.29, 0.717) is 0 Å². The normalized spacial score (nSPS) is 12.4. The number of rotatable bonds is 5. The molecule has 1 atom stereocenters. The minimum absolute atomic E-state index is 0.0835. The monoisotopic (exact) mass is 346 g/mol. The lowest BCUT2D eigenvalue weighted by Gasteiger charge is -2.23. The van der Waals surface area contributed by atoms with Gasteiger partial charge < -0.3 is 15.7 Å². The molecule has 1 aromatic carbocycles. The van der Waals surface area contributed by atoms with E-state index in [4.69, 9.17) is 28.3 Å². The molecule has 1 unspecified atom stereocenters. The van der Waals surface area contributed by atoms with E-state index in [0.717, 1.165) is 0 Å². The summed E-state index contributed by atoms with van der Waals surface area (Å²) in [5, 5.41) is 14.0. The SMILES string of the molecule is CC(NC(=O)c1cccc(Cl)c1Cl)C(=O)NC(C)(C)C(=O)O. The lowest BCUT2D eigenvalue weighted by atomic mass is 10.1. The molecule has 0 saturated carbocycles. The van der Waals surface area contributed by atoms with Crippen LogP contribution in [0.5, 0.6) is 0 Å². The van der Waals surface area contributed by atoms with Crippen LogP contribution in [0.15, 0.2) is 18.2 Å². The molecule has 0 radical (unpaired) electrons. The molecule has 0 spiro atoms. The minimum Gasteiger partial charge on any atom is -0.480 e. The number of benzene rings is 1. The van der Waals surface area contributed by atoms with E-state index in [1.54, 1.807) is 6.07 Å². The molecular formula is C14H16Cl2N2O4. The highest BCUT2D eigenvalue weighted by atomic mass is 35.5. The summed E-state index contributed by atoms with van der Waals surface area (Å²) < 4.78 is 0. The second-order valence-electron chi connectivity index (χ2n) is 5.22. The zero-order valence-electron chi connectivity index (χ0n) is 12.2. The summed E-state index contributed by atoms with van der Waals surface area (Å²) in [5.41, 5.74) is -1.31. The smallest absolute Gasteiger partial charge is 0.328 e. The molecule has 0 aliphatic carbocycles. The fraction of sp³-hybridized carbons (Fsp3) is 0.357. The van der Waals surface area contributed by atoms with Crippen LogP contribution in [0.4, 0.5) is 0 Å². The Labute approximate surface area is 137 Å². The van der Waals surface area contributed by atoms with Crippen LogP contribution in [0.3, 0.4) is 0 Å². The van der Waals surface area contributed by atoms with Crippen LogP contribution >= 0.6 is 23.2 Å². The van der Waals surface area contributed by atoms with Gasteiger partial charge in [0, 0.05) is 0 Å². The number of nitrogens with one attached hydrogen (secondary N) is 2. The number of carbonyl (C=O) groups excluding carboxylic acids is 2. The van der Waals surface area contributed by atoms with Crippen molar-refractivity contribution in [2.75, 3.05) is 0 Å². The number of hydrogen-bond acceptors (Lipinski definition) is 3. The number of aliphatic carboxylic acids is 1. The molecule has 0 fully saturated rings. The van der Waals surface area contributed by atoms with Crippen molar-refractivity contribution >= 4 is 41.0 Å². The van der Waals surface area contributed by atoms with Crippen molar-refractivity contribution in [3.05, 3.63) is 33.8 Å². The Balaban J connectivity index is 2.78. The Morgan fingerprint density at radius 2 is 1.82 bits per heavy atom. The first-order valence-corrected chi connectivity index (χ1v) is 7.12. The Morgan fingerprint density at radius 3 is 2.36 bits per heavy atom. The van der Waals surface area contributed by atoms with Gasteiger partial charge in [-0.2, -0.15) is 0 Å². The number of hydrogen-bond donors (Lipinski definition) is 3. The van der Waals surface area contributed by atoms with E-state index < -0.39 is 29.4 Å². The van der Waals surface area contributed by atoms with Crippen LogP contribution in [0.2, 0.25) is 10.0 Å². The Morgan fingerprint density at radius 1 is 1.23 bits per heavy atom. The van der Waals surface area contributed by atoms with E-state index in [1.165, 1.54) is 32.9 Å². The van der Waals surface area contributed by atoms with Crippen LogP contribution in [0.1, 0.15) is 31.1 Å². The molecule has 0 aromatic heterocycles. The molecule has 22 heavy (non-hydrogen) atoms. The molecule has 3 N–H and O–H groups in total. The topological polar surface area (TPSA) is 95.5 Å². The average molecular weight is 347 g/mol. The number of amides is 2. The highest BCUT2D eigenvalue weighted by Crippen LogP contribution is 2.25. The first kappa shape index (κ1) is 18.3. The first-order chi connectivity index (χ1) is 10.1. The fourth-order valence-corrected chi connectivity index (χ4v) is 1.88. The van der Waals surface area contributed by atoms with Gasteiger partial charge in [0.05, 0.1) is 15.6 Å². The van der Waals surface area contributed by atoms with Gasteiger partial charge in [-0.15, -0.1) is 0 Å². The predicted molar refractivity (Wildman–Crippen MR) is 83.2 cm³/mol. The van der Waals surface area contributed by atoms with Gasteiger partial charge in [-0.25, -0.2) is 4.79 Å². The van der Waals surface area contributed by atoms with Crippen LogP contribution in [0, 0.1) is 0 Å². The summed E-state index contributed by atoms with van der Waals surface area (Å²) in [4.78, 5) is 35.0. The summed E-state index contributed by atoms with van der Waals surface area (Å²) >= 11 is 11.8. The van der Waals surface area contributed by atoms with Crippen LogP contribution < -0.4 is 10.6 Å². The molecule has 8 heteroatoms. The number of halogens is 2. The van der Waals surface area contributed by atoms with Crippen molar-refractivity contribution in [3.8, 4) is 0 Å². The summed E-state index contributed by atoms with van der Waals surface area (Å²) in [6.45, 7) is 4.12. The highest BCUT2D eigenvalue weighted by Gasteiger charge is 2.31. The maximum Gasteiger partial charge on any atom is 0.328 e. The zero-order valence-corrected chi connectivity index (χ0v) is 13.7. The first-order valence-electron chi connectivity index (χ1n) is 6.36. The number of carboxylic acid groups (broad SMARTS) is 1. The molecule has 0 aliphatic rings. The molecular weight excluding hydrogens is 331 g/mol. The standard InChI is InChI=1S/C14H16Cl2N2O4/c1-7(11(19)18-14(2,3)13(21)22)17-12(20)8-5-4-6-9(15)10(8)16/h4-7H,1-3H3,(H,17,20)(H,18,19)(H,21,22). The maximum absolute atomic E-state index is 12.1. The summed E-state index contributed by atoms with van der Waals surface area (Å²) in [5.74, 6) is -2.39. The van der Waals surface area contributed by atoms with E-state index in [9.17, 15) is 14.4 Å². The average Bonchev–Trinajstić information content (AvgIpc) is 2.40. The third-order valence-corrected chi connectivity index (χ3v) is 3.73. The van der Waals surface area contributed by atoms with Gasteiger partial charge in [0.15, 0.2) is 0 Å². The maximum atomic E-state index is 12.1. The van der Waals surface area contributed by atoms with Gasteiger partial charge in [-0.05, 0) is 32.9 Å². The second kappa shape index (κ2) is 6.98. The van der Waals surface area contributed by atoms with E-state index in [-0.39, 0.29) is 15.6 Å². The lowest BCUT2D eigenvalue weighted by molar-refractivity contribution is -0.146. The summed E-state index contributed by atoms with van der Waals surface area (Å²) in [6.07, 6.45) is 0. The number of carbonyl (C=O) groups is 3. The Bertz CT molecular complexity index is 617. The fourth-order valence-electron chi connectivity index (χ4n) is 1.49. The molecule has 1 rings (SSSR count). The molecule has 6 nitrogen and oxygen atoms in total. The van der Waals surface area contributed by atoms with Crippen LogP contribution in [-0.2, 0) is 9.59 Å². The van der Waals surface area contributed by atoms with Crippen molar-refractivity contribution in [2.24, 2.45) is 0 Å². The zero-order chi connectivity index (χ0) is 17.1. The lowest BCUT2D eigenvalue weighted by Crippen LogP contribution is -2.55.